The van der Waals surface area contributed by atoms with Gasteiger partial charge >= 0.3 is 5.97 Å². The maximum absolute atomic E-state index is 11.6. The van der Waals surface area contributed by atoms with Crippen molar-refractivity contribution in [2.45, 2.75) is 6.92 Å². The highest BCUT2D eigenvalue weighted by Crippen LogP contribution is 2.25. The van der Waals surface area contributed by atoms with Gasteiger partial charge in [-0.15, -0.1) is 0 Å². The van der Waals surface area contributed by atoms with Crippen molar-refractivity contribution in [1.29, 1.82) is 0 Å². The quantitative estimate of drug-likeness (QED) is 0.739. The zero-order chi connectivity index (χ0) is 13.9. The molecule has 2 aromatic heterocycles. The lowest BCUT2D eigenvalue weighted by atomic mass is 10.1. The van der Waals surface area contributed by atoms with Crippen LogP contribution in [-0.2, 0) is 4.74 Å². The Balaban J connectivity index is 1.99. The number of ether oxygens (including phenoxy) is 1. The van der Waals surface area contributed by atoms with Crippen LogP contribution in [0.3, 0.4) is 0 Å². The molecule has 0 saturated heterocycles. The Morgan fingerprint density at radius 3 is 2.75 bits per heavy atom. The Morgan fingerprint density at radius 1 is 1.20 bits per heavy atom. The third-order valence-corrected chi connectivity index (χ3v) is 3.15. The van der Waals surface area contributed by atoms with Crippen LogP contribution in [0.2, 0.25) is 0 Å². The van der Waals surface area contributed by atoms with Gasteiger partial charge in [0, 0.05) is 28.9 Å². The summed E-state index contributed by atoms with van der Waals surface area (Å²) in [6, 6.07) is 11.2. The van der Waals surface area contributed by atoms with Gasteiger partial charge < -0.3 is 9.72 Å². The number of benzene rings is 1. The first-order valence-corrected chi connectivity index (χ1v) is 6.49. The van der Waals surface area contributed by atoms with Gasteiger partial charge in [0.1, 0.15) is 0 Å². The van der Waals surface area contributed by atoms with Crippen LogP contribution in [0.1, 0.15) is 17.3 Å². The molecule has 1 N–H and O–H groups in total. The van der Waals surface area contributed by atoms with Crippen molar-refractivity contribution in [1.82, 2.24) is 9.97 Å². The second-order valence-corrected chi connectivity index (χ2v) is 4.40. The van der Waals surface area contributed by atoms with E-state index in [-0.39, 0.29) is 5.97 Å². The first-order chi connectivity index (χ1) is 9.79. The first kappa shape index (κ1) is 12.4. The number of aromatic amines is 1. The largest absolute Gasteiger partial charge is 0.462 e. The van der Waals surface area contributed by atoms with E-state index >= 15 is 0 Å². The summed E-state index contributed by atoms with van der Waals surface area (Å²) in [5.41, 5.74) is 3.48. The molecule has 4 heteroatoms. The fraction of sp³-hybridized carbons (Fsp3) is 0.125. The van der Waals surface area contributed by atoms with E-state index in [1.807, 2.05) is 30.5 Å². The number of carbonyl (C=O) groups is 1. The molecule has 3 aromatic rings. The fourth-order valence-electron chi connectivity index (χ4n) is 2.19. The van der Waals surface area contributed by atoms with Crippen molar-refractivity contribution in [2.24, 2.45) is 0 Å². The molecule has 0 aliphatic carbocycles. The maximum Gasteiger partial charge on any atom is 0.338 e. The Bertz CT molecular complexity index is 745. The van der Waals surface area contributed by atoms with Crippen LogP contribution >= 0.6 is 0 Å². The summed E-state index contributed by atoms with van der Waals surface area (Å²) >= 11 is 0. The van der Waals surface area contributed by atoms with Crippen molar-refractivity contribution >= 4 is 16.9 Å². The number of hydrogen-bond acceptors (Lipinski definition) is 3. The van der Waals surface area contributed by atoms with Gasteiger partial charge in [0.2, 0.25) is 0 Å². The van der Waals surface area contributed by atoms with Crippen LogP contribution in [0.25, 0.3) is 22.2 Å². The number of esters is 1. The number of H-pyrrole nitrogens is 1. The third-order valence-electron chi connectivity index (χ3n) is 3.15. The van der Waals surface area contributed by atoms with E-state index in [0.29, 0.717) is 12.2 Å². The third kappa shape index (κ3) is 2.16. The molecule has 0 fully saturated rings. The lowest BCUT2D eigenvalue weighted by Gasteiger charge is -2.05. The number of hydrogen-bond donors (Lipinski definition) is 1. The van der Waals surface area contributed by atoms with Crippen molar-refractivity contribution in [3.8, 4) is 11.3 Å². The average Bonchev–Trinajstić information content (AvgIpc) is 2.96. The molecule has 0 spiro atoms. The molecule has 0 aliphatic heterocycles. The van der Waals surface area contributed by atoms with Crippen LogP contribution in [0.15, 0.2) is 48.8 Å². The lowest BCUT2D eigenvalue weighted by molar-refractivity contribution is 0.0526. The highest BCUT2D eigenvalue weighted by Gasteiger charge is 2.09. The normalized spacial score (nSPS) is 10.7. The monoisotopic (exact) mass is 266 g/mol. The Morgan fingerprint density at radius 2 is 2.00 bits per heavy atom. The van der Waals surface area contributed by atoms with Gasteiger partial charge in [-0.2, -0.15) is 0 Å². The lowest BCUT2D eigenvalue weighted by Crippen LogP contribution is -2.04. The highest BCUT2D eigenvalue weighted by atomic mass is 16.5. The van der Waals surface area contributed by atoms with E-state index < -0.39 is 0 Å². The number of rotatable bonds is 3. The zero-order valence-corrected chi connectivity index (χ0v) is 11.1. The summed E-state index contributed by atoms with van der Waals surface area (Å²) in [5, 5.41) is 1.07. The fourth-order valence-corrected chi connectivity index (χ4v) is 2.19. The smallest absolute Gasteiger partial charge is 0.338 e. The first-order valence-electron chi connectivity index (χ1n) is 6.49. The summed E-state index contributed by atoms with van der Waals surface area (Å²) in [7, 11) is 0. The van der Waals surface area contributed by atoms with E-state index in [4.69, 9.17) is 4.74 Å². The van der Waals surface area contributed by atoms with E-state index in [0.717, 1.165) is 22.2 Å². The molecule has 0 saturated carbocycles. The predicted octanol–water partition coefficient (Wildman–Crippen LogP) is 3.41. The molecule has 2 heterocycles. The molecular formula is C16H14N2O2. The molecule has 0 unspecified atom stereocenters. The molecular weight excluding hydrogens is 252 g/mol. The molecule has 20 heavy (non-hydrogen) atoms. The minimum atomic E-state index is -0.299. The van der Waals surface area contributed by atoms with Gasteiger partial charge in [0.25, 0.3) is 0 Å². The van der Waals surface area contributed by atoms with E-state index in [2.05, 4.69) is 9.97 Å². The molecule has 0 radical (unpaired) electrons. The maximum atomic E-state index is 11.6. The summed E-state index contributed by atoms with van der Waals surface area (Å²) in [5.74, 6) is -0.299. The standard InChI is InChI=1S/C16H14N2O2/c1-2-20-16(19)12-5-3-11(4-6-12)15-13-7-9-17-14(13)8-10-18-15/h3-10,17H,2H2,1H3. The minimum absolute atomic E-state index is 0.299. The Hall–Kier alpha value is -2.62. The summed E-state index contributed by atoms with van der Waals surface area (Å²) in [6.45, 7) is 2.17. The van der Waals surface area contributed by atoms with E-state index in [1.54, 1.807) is 25.3 Å². The molecule has 0 aliphatic rings. The van der Waals surface area contributed by atoms with Crippen LogP contribution in [0.5, 0.6) is 0 Å². The molecule has 0 amide bonds. The molecule has 100 valence electrons. The van der Waals surface area contributed by atoms with Crippen molar-refractivity contribution in [3.63, 3.8) is 0 Å². The summed E-state index contributed by atoms with van der Waals surface area (Å²) in [6.07, 6.45) is 3.66. The second kappa shape index (κ2) is 5.17. The van der Waals surface area contributed by atoms with Crippen LogP contribution in [-0.4, -0.2) is 22.5 Å². The Labute approximate surface area is 116 Å². The van der Waals surface area contributed by atoms with Gasteiger partial charge in [-0.1, -0.05) is 12.1 Å². The number of aromatic nitrogens is 2. The van der Waals surface area contributed by atoms with Crippen molar-refractivity contribution in [3.05, 3.63) is 54.4 Å². The van der Waals surface area contributed by atoms with Gasteiger partial charge in [-0.25, -0.2) is 4.79 Å². The number of fused-ring (bicyclic) bond motifs is 1. The number of carbonyl (C=O) groups excluding carboxylic acids is 1. The van der Waals surface area contributed by atoms with E-state index in [9.17, 15) is 4.79 Å². The van der Waals surface area contributed by atoms with Gasteiger partial charge in [0.15, 0.2) is 0 Å². The number of pyridine rings is 1. The second-order valence-electron chi connectivity index (χ2n) is 4.40. The van der Waals surface area contributed by atoms with Crippen molar-refractivity contribution < 1.29 is 9.53 Å². The van der Waals surface area contributed by atoms with Crippen LogP contribution < -0.4 is 0 Å². The zero-order valence-electron chi connectivity index (χ0n) is 11.1. The molecule has 0 atom stereocenters. The van der Waals surface area contributed by atoms with Crippen LogP contribution in [0, 0.1) is 0 Å². The molecule has 0 bridgehead atoms. The van der Waals surface area contributed by atoms with Crippen LogP contribution in [0.4, 0.5) is 0 Å². The summed E-state index contributed by atoms with van der Waals surface area (Å²) in [4.78, 5) is 19.2. The molecule has 4 nitrogen and oxygen atoms in total. The van der Waals surface area contributed by atoms with Gasteiger partial charge in [-0.05, 0) is 31.2 Å². The predicted molar refractivity (Wildman–Crippen MR) is 77.5 cm³/mol. The van der Waals surface area contributed by atoms with Gasteiger partial charge in [-0.3, -0.25) is 4.98 Å². The molecule has 1 aromatic carbocycles. The van der Waals surface area contributed by atoms with E-state index in [1.165, 1.54) is 0 Å². The van der Waals surface area contributed by atoms with Gasteiger partial charge in [0.05, 0.1) is 17.9 Å². The average molecular weight is 266 g/mol. The number of nitrogens with one attached hydrogen (secondary N) is 1. The minimum Gasteiger partial charge on any atom is -0.462 e. The Kier molecular flexibility index (Phi) is 3.21. The number of nitrogens with zero attached hydrogens (tertiary/aromatic N) is 1. The summed E-state index contributed by atoms with van der Waals surface area (Å²) < 4.78 is 4.97. The molecule has 3 rings (SSSR count). The SMILES string of the molecule is CCOC(=O)c1ccc(-c2nccc3[nH]ccc23)cc1. The topological polar surface area (TPSA) is 55.0 Å². The van der Waals surface area contributed by atoms with Crippen molar-refractivity contribution in [2.75, 3.05) is 6.61 Å². The highest BCUT2D eigenvalue weighted by molar-refractivity contribution is 5.94.